The van der Waals surface area contributed by atoms with Crippen molar-refractivity contribution >= 4 is 17.5 Å². The second-order valence-corrected chi connectivity index (χ2v) is 6.19. The fourth-order valence-corrected chi connectivity index (χ4v) is 2.91. The van der Waals surface area contributed by atoms with Crippen molar-refractivity contribution in [3.05, 3.63) is 54.0 Å². The van der Waals surface area contributed by atoms with Gasteiger partial charge in [0.1, 0.15) is 5.76 Å². The lowest BCUT2D eigenvalue weighted by molar-refractivity contribution is -0.117. The first-order valence-electron chi connectivity index (χ1n) is 8.37. The average molecular weight is 326 g/mol. The van der Waals surface area contributed by atoms with Gasteiger partial charge < -0.3 is 14.6 Å². The van der Waals surface area contributed by atoms with Gasteiger partial charge in [-0.1, -0.05) is 0 Å². The number of hydrogen-bond donors (Lipinski definition) is 1. The summed E-state index contributed by atoms with van der Waals surface area (Å²) in [4.78, 5) is 25.8. The maximum Gasteiger partial charge on any atom is 0.251 e. The number of carbonyl (C=O) groups is 2. The van der Waals surface area contributed by atoms with Gasteiger partial charge >= 0.3 is 0 Å². The van der Waals surface area contributed by atoms with Gasteiger partial charge in [-0.3, -0.25) is 9.59 Å². The van der Waals surface area contributed by atoms with Crippen LogP contribution in [-0.4, -0.2) is 24.4 Å². The monoisotopic (exact) mass is 326 g/mol. The van der Waals surface area contributed by atoms with Crippen LogP contribution in [-0.2, 0) is 11.2 Å². The molecule has 3 rings (SSSR count). The second-order valence-electron chi connectivity index (χ2n) is 6.19. The van der Waals surface area contributed by atoms with Gasteiger partial charge in [-0.25, -0.2) is 0 Å². The van der Waals surface area contributed by atoms with Crippen molar-refractivity contribution in [3.63, 3.8) is 0 Å². The Hall–Kier alpha value is -2.56. The van der Waals surface area contributed by atoms with E-state index in [4.69, 9.17) is 4.42 Å². The third kappa shape index (κ3) is 3.85. The van der Waals surface area contributed by atoms with E-state index in [0.29, 0.717) is 12.0 Å². The summed E-state index contributed by atoms with van der Waals surface area (Å²) in [5.74, 6) is 0.982. The first kappa shape index (κ1) is 16.3. The molecule has 2 aromatic rings. The van der Waals surface area contributed by atoms with Gasteiger partial charge in [-0.2, -0.15) is 0 Å². The summed E-state index contributed by atoms with van der Waals surface area (Å²) in [6.45, 7) is 2.74. The molecule has 1 saturated heterocycles. The first-order valence-corrected chi connectivity index (χ1v) is 8.37. The highest BCUT2D eigenvalue weighted by atomic mass is 16.3. The summed E-state index contributed by atoms with van der Waals surface area (Å²) >= 11 is 0. The van der Waals surface area contributed by atoms with Crippen molar-refractivity contribution in [2.45, 2.75) is 38.6 Å². The molecule has 1 N–H and O–H groups in total. The van der Waals surface area contributed by atoms with Crippen molar-refractivity contribution in [1.82, 2.24) is 5.32 Å². The quantitative estimate of drug-likeness (QED) is 0.887. The van der Waals surface area contributed by atoms with Crippen LogP contribution in [0.3, 0.4) is 0 Å². The first-order chi connectivity index (χ1) is 11.6. The number of furan rings is 1. The minimum atomic E-state index is -0.0961. The molecule has 1 aliphatic rings. The molecule has 1 fully saturated rings. The van der Waals surface area contributed by atoms with Gasteiger partial charge in [0.15, 0.2) is 0 Å². The Bertz CT molecular complexity index is 692. The molecule has 0 aliphatic carbocycles. The van der Waals surface area contributed by atoms with Gasteiger partial charge in [0.2, 0.25) is 5.91 Å². The largest absolute Gasteiger partial charge is 0.469 e. The zero-order chi connectivity index (χ0) is 16.9. The fraction of sp³-hybridized carbons (Fsp3) is 0.368. The highest BCUT2D eigenvalue weighted by molar-refractivity contribution is 5.97. The van der Waals surface area contributed by atoms with E-state index in [1.807, 2.05) is 31.2 Å². The summed E-state index contributed by atoms with van der Waals surface area (Å²) in [5.41, 5.74) is 1.47. The maximum absolute atomic E-state index is 12.3. The lowest BCUT2D eigenvalue weighted by Gasteiger charge is -2.17. The van der Waals surface area contributed by atoms with E-state index in [-0.39, 0.29) is 17.9 Å². The van der Waals surface area contributed by atoms with Gasteiger partial charge in [-0.15, -0.1) is 0 Å². The number of nitrogens with one attached hydrogen (secondary N) is 1. The van der Waals surface area contributed by atoms with Gasteiger partial charge in [0, 0.05) is 36.7 Å². The Morgan fingerprint density at radius 3 is 2.71 bits per heavy atom. The molecule has 0 radical (unpaired) electrons. The molecule has 0 spiro atoms. The number of rotatable bonds is 6. The predicted octanol–water partition coefficient (Wildman–Crippen LogP) is 3.16. The summed E-state index contributed by atoms with van der Waals surface area (Å²) in [5, 5.41) is 3.00. The predicted molar refractivity (Wildman–Crippen MR) is 92.0 cm³/mol. The van der Waals surface area contributed by atoms with Crippen molar-refractivity contribution in [1.29, 1.82) is 0 Å². The number of aryl methyl sites for hydroxylation is 1. The highest BCUT2D eigenvalue weighted by Crippen LogP contribution is 2.21. The molecule has 2 amide bonds. The Balaban J connectivity index is 1.53. The minimum absolute atomic E-state index is 0.0578. The van der Waals surface area contributed by atoms with Crippen LogP contribution in [0.2, 0.25) is 0 Å². The third-order valence-corrected chi connectivity index (χ3v) is 4.30. The van der Waals surface area contributed by atoms with E-state index >= 15 is 0 Å². The third-order valence-electron chi connectivity index (χ3n) is 4.30. The number of nitrogens with zero attached hydrogens (tertiary/aromatic N) is 1. The van der Waals surface area contributed by atoms with Crippen molar-refractivity contribution in [3.8, 4) is 0 Å². The molecule has 1 aliphatic heterocycles. The molecule has 0 saturated carbocycles. The molecule has 0 unspecified atom stereocenters. The molecule has 1 aromatic heterocycles. The van der Waals surface area contributed by atoms with Crippen LogP contribution in [0.5, 0.6) is 0 Å². The van der Waals surface area contributed by atoms with Crippen molar-refractivity contribution in [2.75, 3.05) is 11.4 Å². The number of hydrogen-bond acceptors (Lipinski definition) is 3. The topological polar surface area (TPSA) is 62.6 Å². The zero-order valence-corrected chi connectivity index (χ0v) is 13.8. The zero-order valence-electron chi connectivity index (χ0n) is 13.8. The van der Waals surface area contributed by atoms with Crippen LogP contribution >= 0.6 is 0 Å². The SMILES string of the molecule is C[C@@H](CCc1ccco1)NC(=O)c1ccc(N2CCCC2=O)cc1. The van der Waals surface area contributed by atoms with Crippen LogP contribution in [0.1, 0.15) is 42.3 Å². The van der Waals surface area contributed by atoms with Gasteiger partial charge in [-0.05, 0) is 56.2 Å². The summed E-state index contributed by atoms with van der Waals surface area (Å²) in [6.07, 6.45) is 4.78. The summed E-state index contributed by atoms with van der Waals surface area (Å²) in [6, 6.07) is 11.1. The average Bonchev–Trinajstić information content (AvgIpc) is 3.24. The molecule has 126 valence electrons. The van der Waals surface area contributed by atoms with Crippen molar-refractivity contribution in [2.24, 2.45) is 0 Å². The number of benzene rings is 1. The van der Waals surface area contributed by atoms with E-state index in [1.165, 1.54) is 0 Å². The lowest BCUT2D eigenvalue weighted by atomic mass is 10.1. The number of amides is 2. The molecular formula is C19H22N2O3. The standard InChI is InChI=1S/C19H22N2O3/c1-14(6-11-17-4-3-13-24-17)20-19(23)15-7-9-16(10-8-15)21-12-2-5-18(21)22/h3-4,7-10,13-14H,2,5-6,11-12H2,1H3,(H,20,23)/t14-/m0/s1. The van der Waals surface area contributed by atoms with Crippen LogP contribution in [0.25, 0.3) is 0 Å². The number of carbonyl (C=O) groups excluding carboxylic acids is 2. The molecular weight excluding hydrogens is 304 g/mol. The van der Waals surface area contributed by atoms with Gasteiger partial charge in [0.25, 0.3) is 5.91 Å². The fourth-order valence-electron chi connectivity index (χ4n) is 2.91. The van der Waals surface area contributed by atoms with Crippen LogP contribution in [0.15, 0.2) is 47.1 Å². The Morgan fingerprint density at radius 1 is 1.29 bits per heavy atom. The van der Waals surface area contributed by atoms with E-state index in [1.54, 1.807) is 23.3 Å². The molecule has 2 heterocycles. The maximum atomic E-state index is 12.3. The molecule has 1 atom stereocenters. The Labute approximate surface area is 141 Å². The van der Waals surface area contributed by atoms with E-state index in [2.05, 4.69) is 5.32 Å². The Kier molecular flexibility index (Phi) is 4.99. The highest BCUT2D eigenvalue weighted by Gasteiger charge is 2.21. The summed E-state index contributed by atoms with van der Waals surface area (Å²) < 4.78 is 5.30. The van der Waals surface area contributed by atoms with Crippen LogP contribution in [0.4, 0.5) is 5.69 Å². The molecule has 1 aromatic carbocycles. The van der Waals surface area contributed by atoms with Gasteiger partial charge in [0.05, 0.1) is 6.26 Å². The molecule has 5 heteroatoms. The lowest BCUT2D eigenvalue weighted by Crippen LogP contribution is -2.33. The summed E-state index contributed by atoms with van der Waals surface area (Å²) in [7, 11) is 0. The molecule has 5 nitrogen and oxygen atoms in total. The minimum Gasteiger partial charge on any atom is -0.469 e. The number of anilines is 1. The van der Waals surface area contributed by atoms with E-state index in [0.717, 1.165) is 37.3 Å². The van der Waals surface area contributed by atoms with Crippen molar-refractivity contribution < 1.29 is 14.0 Å². The van der Waals surface area contributed by atoms with Crippen LogP contribution < -0.4 is 10.2 Å². The molecule has 24 heavy (non-hydrogen) atoms. The van der Waals surface area contributed by atoms with E-state index < -0.39 is 0 Å². The Morgan fingerprint density at radius 2 is 2.08 bits per heavy atom. The van der Waals surface area contributed by atoms with Crippen LogP contribution in [0, 0.1) is 0 Å². The van der Waals surface area contributed by atoms with E-state index in [9.17, 15) is 9.59 Å². The second kappa shape index (κ2) is 7.34. The normalized spacial score (nSPS) is 15.5. The molecule has 0 bridgehead atoms. The smallest absolute Gasteiger partial charge is 0.251 e.